The SMILES string of the molecule is COc1cccc(-n2c(=O)c(Cc3c(F)cccc3C(F)(F)F)nn(CC(N)c3ccccc3)c2=O)c1Cl. The zero-order valence-corrected chi connectivity index (χ0v) is 20.6. The van der Waals surface area contributed by atoms with Crippen molar-refractivity contribution in [3.63, 3.8) is 0 Å². The summed E-state index contributed by atoms with van der Waals surface area (Å²) in [6, 6.07) is 14.8. The van der Waals surface area contributed by atoms with Gasteiger partial charge in [0.15, 0.2) is 0 Å². The molecule has 0 amide bonds. The fourth-order valence-corrected chi connectivity index (χ4v) is 4.29. The number of nitrogens with zero attached hydrogens (tertiary/aromatic N) is 3. The highest BCUT2D eigenvalue weighted by Gasteiger charge is 2.35. The predicted molar refractivity (Wildman–Crippen MR) is 133 cm³/mol. The molecule has 12 heteroatoms. The summed E-state index contributed by atoms with van der Waals surface area (Å²) in [4.78, 5) is 26.9. The monoisotopic (exact) mass is 548 g/mol. The number of hydrogen-bond acceptors (Lipinski definition) is 5. The van der Waals surface area contributed by atoms with Crippen molar-refractivity contribution < 1.29 is 22.3 Å². The molecule has 1 atom stereocenters. The first-order chi connectivity index (χ1) is 18.0. The first-order valence-corrected chi connectivity index (χ1v) is 11.6. The van der Waals surface area contributed by atoms with E-state index < -0.39 is 52.5 Å². The lowest BCUT2D eigenvalue weighted by molar-refractivity contribution is -0.138. The van der Waals surface area contributed by atoms with Crippen LogP contribution in [0.3, 0.4) is 0 Å². The van der Waals surface area contributed by atoms with Gasteiger partial charge in [-0.05, 0) is 29.8 Å². The Morgan fingerprint density at radius 1 is 1.03 bits per heavy atom. The van der Waals surface area contributed by atoms with E-state index in [9.17, 15) is 27.2 Å². The van der Waals surface area contributed by atoms with Crippen LogP contribution in [0, 0.1) is 5.82 Å². The molecule has 38 heavy (non-hydrogen) atoms. The topological polar surface area (TPSA) is 92.1 Å². The second-order valence-electron chi connectivity index (χ2n) is 8.30. The predicted octanol–water partition coefficient (Wildman–Crippen LogP) is 4.50. The van der Waals surface area contributed by atoms with Gasteiger partial charge in [0, 0.05) is 18.0 Å². The summed E-state index contributed by atoms with van der Waals surface area (Å²) in [5.41, 5.74) is 2.26. The van der Waals surface area contributed by atoms with Crippen LogP contribution >= 0.6 is 11.6 Å². The van der Waals surface area contributed by atoms with Crippen LogP contribution < -0.4 is 21.7 Å². The molecular weight excluding hydrogens is 528 g/mol. The van der Waals surface area contributed by atoms with E-state index in [2.05, 4.69) is 5.10 Å². The molecule has 0 aliphatic rings. The molecule has 0 bridgehead atoms. The summed E-state index contributed by atoms with van der Waals surface area (Å²) in [6.07, 6.45) is -5.74. The third kappa shape index (κ3) is 5.34. The highest BCUT2D eigenvalue weighted by molar-refractivity contribution is 6.33. The quantitative estimate of drug-likeness (QED) is 0.343. The minimum atomic E-state index is -4.89. The first-order valence-electron chi connectivity index (χ1n) is 11.2. The van der Waals surface area contributed by atoms with Gasteiger partial charge in [-0.1, -0.05) is 54.1 Å². The van der Waals surface area contributed by atoms with Gasteiger partial charge in [-0.2, -0.15) is 18.3 Å². The third-order valence-corrected chi connectivity index (χ3v) is 6.25. The van der Waals surface area contributed by atoms with E-state index >= 15 is 0 Å². The first kappa shape index (κ1) is 27.1. The van der Waals surface area contributed by atoms with Crippen molar-refractivity contribution in [2.45, 2.75) is 25.2 Å². The molecule has 1 aromatic heterocycles. The number of rotatable bonds is 7. The van der Waals surface area contributed by atoms with Crippen LogP contribution in [0.15, 0.2) is 76.3 Å². The van der Waals surface area contributed by atoms with Crippen molar-refractivity contribution in [3.8, 4) is 11.4 Å². The standard InChI is InChI=1S/C26H21ClF4N4O3/c1-38-22-12-6-11-21(23(22)27)35-24(36)20(13-16-17(26(29,30)31)9-5-10-18(16)28)33-34(25(35)37)14-19(32)15-7-3-2-4-8-15/h2-12,19H,13-14,32H2,1H3. The zero-order chi connectivity index (χ0) is 27.6. The second kappa shape index (κ2) is 10.8. The van der Waals surface area contributed by atoms with Gasteiger partial charge in [0.05, 0.1) is 24.9 Å². The molecule has 1 unspecified atom stereocenters. The number of hydrogen-bond donors (Lipinski definition) is 1. The minimum Gasteiger partial charge on any atom is -0.495 e. The van der Waals surface area contributed by atoms with E-state index in [4.69, 9.17) is 22.1 Å². The smallest absolute Gasteiger partial charge is 0.416 e. The van der Waals surface area contributed by atoms with Crippen LogP contribution in [0.4, 0.5) is 17.6 Å². The lowest BCUT2D eigenvalue weighted by Crippen LogP contribution is -2.44. The summed E-state index contributed by atoms with van der Waals surface area (Å²) in [7, 11) is 1.33. The van der Waals surface area contributed by atoms with E-state index in [0.29, 0.717) is 16.2 Å². The Kier molecular flexibility index (Phi) is 7.70. The van der Waals surface area contributed by atoms with Crippen LogP contribution in [0.25, 0.3) is 5.69 Å². The van der Waals surface area contributed by atoms with Crippen LogP contribution in [0.1, 0.15) is 28.4 Å². The van der Waals surface area contributed by atoms with Gasteiger partial charge < -0.3 is 10.5 Å². The largest absolute Gasteiger partial charge is 0.495 e. The highest BCUT2D eigenvalue weighted by atomic mass is 35.5. The van der Waals surface area contributed by atoms with Crippen molar-refractivity contribution in [2.75, 3.05) is 7.11 Å². The van der Waals surface area contributed by atoms with E-state index in [1.165, 1.54) is 25.3 Å². The Bertz CT molecular complexity index is 1590. The lowest BCUT2D eigenvalue weighted by Gasteiger charge is -2.18. The Balaban J connectivity index is 1.94. The molecule has 198 valence electrons. The molecule has 0 saturated carbocycles. The van der Waals surface area contributed by atoms with Gasteiger partial charge >= 0.3 is 11.9 Å². The number of benzene rings is 3. The fourth-order valence-electron chi connectivity index (χ4n) is 4.00. The number of alkyl halides is 3. The van der Waals surface area contributed by atoms with E-state index in [1.807, 2.05) is 0 Å². The van der Waals surface area contributed by atoms with Crippen LogP contribution in [-0.4, -0.2) is 21.5 Å². The Morgan fingerprint density at radius 2 is 1.71 bits per heavy atom. The average Bonchev–Trinajstić information content (AvgIpc) is 2.88. The van der Waals surface area contributed by atoms with Crippen LogP contribution in [0.5, 0.6) is 5.75 Å². The summed E-state index contributed by atoms with van der Waals surface area (Å²) in [5.74, 6) is -1.03. The normalized spacial score (nSPS) is 12.4. The van der Waals surface area contributed by atoms with Crippen molar-refractivity contribution in [1.29, 1.82) is 0 Å². The van der Waals surface area contributed by atoms with Crippen molar-refractivity contribution in [1.82, 2.24) is 14.3 Å². The van der Waals surface area contributed by atoms with E-state index in [-0.39, 0.29) is 23.0 Å². The number of halogens is 5. The van der Waals surface area contributed by atoms with Gasteiger partial charge in [0.25, 0.3) is 5.56 Å². The van der Waals surface area contributed by atoms with Crippen molar-refractivity contribution >= 4 is 11.6 Å². The molecule has 0 aliphatic heterocycles. The molecule has 3 aromatic carbocycles. The number of nitrogens with two attached hydrogens (primary N) is 1. The molecule has 0 aliphatic carbocycles. The van der Waals surface area contributed by atoms with Crippen LogP contribution in [0.2, 0.25) is 5.02 Å². The maximum Gasteiger partial charge on any atom is 0.416 e. The summed E-state index contributed by atoms with van der Waals surface area (Å²) >= 11 is 6.38. The molecule has 0 spiro atoms. The maximum absolute atomic E-state index is 14.6. The van der Waals surface area contributed by atoms with Gasteiger partial charge in [-0.15, -0.1) is 0 Å². The molecule has 7 nitrogen and oxygen atoms in total. The van der Waals surface area contributed by atoms with Gasteiger partial charge in [-0.3, -0.25) is 4.79 Å². The van der Waals surface area contributed by atoms with Crippen molar-refractivity contribution in [2.24, 2.45) is 5.73 Å². The molecule has 4 aromatic rings. The Morgan fingerprint density at radius 3 is 2.37 bits per heavy atom. The number of ether oxygens (including phenoxy) is 1. The average molecular weight is 549 g/mol. The molecule has 0 saturated heterocycles. The summed E-state index contributed by atoms with van der Waals surface area (Å²) < 4.78 is 62.3. The van der Waals surface area contributed by atoms with Gasteiger partial charge in [0.1, 0.15) is 22.3 Å². The molecule has 2 N–H and O–H groups in total. The Labute approximate surface area is 218 Å². The van der Waals surface area contributed by atoms with Gasteiger partial charge in [0.2, 0.25) is 0 Å². The minimum absolute atomic E-state index is 0.0868. The number of aromatic nitrogens is 3. The van der Waals surface area contributed by atoms with E-state index in [1.54, 1.807) is 30.3 Å². The zero-order valence-electron chi connectivity index (χ0n) is 19.9. The third-order valence-electron chi connectivity index (χ3n) is 5.87. The van der Waals surface area contributed by atoms with E-state index in [0.717, 1.165) is 16.8 Å². The maximum atomic E-state index is 14.6. The molecule has 0 fully saturated rings. The number of methoxy groups -OCH3 is 1. The fraction of sp³-hybridized carbons (Fsp3) is 0.192. The summed E-state index contributed by atoms with van der Waals surface area (Å²) in [5, 5.41) is 3.95. The van der Waals surface area contributed by atoms with Crippen molar-refractivity contribution in [3.05, 3.63) is 121 Å². The second-order valence-corrected chi connectivity index (χ2v) is 8.68. The van der Waals surface area contributed by atoms with Gasteiger partial charge in [-0.25, -0.2) is 18.4 Å². The summed E-state index contributed by atoms with van der Waals surface area (Å²) in [6.45, 7) is -0.235. The molecular formula is C26H21ClF4N4O3. The highest BCUT2D eigenvalue weighted by Crippen LogP contribution is 2.34. The van der Waals surface area contributed by atoms with Crippen LogP contribution in [-0.2, 0) is 19.1 Å². The molecule has 0 radical (unpaired) electrons. The molecule has 1 heterocycles. The Hall–Kier alpha value is -3.96. The molecule has 4 rings (SSSR count). The lowest BCUT2D eigenvalue weighted by atomic mass is 10.0.